The lowest BCUT2D eigenvalue weighted by molar-refractivity contribution is -0.140. The molecular formula is C30H35F2N7O9. The maximum Gasteiger partial charge on any atom is 0.407 e. The fourth-order valence-electron chi connectivity index (χ4n) is 5.56. The number of benzene rings is 1. The summed E-state index contributed by atoms with van der Waals surface area (Å²) in [5.74, 6) is -6.11. The molecule has 18 heteroatoms. The van der Waals surface area contributed by atoms with Crippen LogP contribution in [-0.2, 0) is 19.2 Å². The Hall–Kier alpha value is -5.29. The second-order valence-electron chi connectivity index (χ2n) is 11.7. The molecular weight excluding hydrogens is 640 g/mol. The second-order valence-corrected chi connectivity index (χ2v) is 11.7. The zero-order chi connectivity index (χ0) is 34.5. The molecule has 5 amide bonds. The van der Waals surface area contributed by atoms with E-state index in [-0.39, 0.29) is 61.8 Å². The van der Waals surface area contributed by atoms with Gasteiger partial charge in [0.2, 0.25) is 17.7 Å². The van der Waals surface area contributed by atoms with E-state index < -0.39 is 66.5 Å². The SMILES string of the molecule is O=C(O)CC[C@H](NC(=O)c1cc(OCC(=O)N2CCC[C@H]2C(=O)NC2CC2)n(-c2ccc(F)c(F)c2)n1)C(=O)N1CCN(C(=O)O)CC1. The summed E-state index contributed by atoms with van der Waals surface area (Å²) >= 11 is 0. The van der Waals surface area contributed by atoms with E-state index in [0.29, 0.717) is 19.4 Å². The average Bonchev–Trinajstić information content (AvgIpc) is 3.54. The molecule has 0 unspecified atom stereocenters. The molecule has 0 spiro atoms. The second kappa shape index (κ2) is 14.6. The van der Waals surface area contributed by atoms with Crippen LogP contribution in [-0.4, -0.2) is 128 Å². The van der Waals surface area contributed by atoms with E-state index in [4.69, 9.17) is 4.74 Å². The van der Waals surface area contributed by atoms with Gasteiger partial charge >= 0.3 is 12.1 Å². The normalized spacial score (nSPS) is 18.3. The summed E-state index contributed by atoms with van der Waals surface area (Å²) in [6, 6.07) is 2.05. The molecule has 0 bridgehead atoms. The number of carboxylic acid groups (broad SMARTS) is 2. The van der Waals surface area contributed by atoms with E-state index >= 15 is 0 Å². The molecule has 2 aromatic rings. The molecule has 16 nitrogen and oxygen atoms in total. The Labute approximate surface area is 272 Å². The van der Waals surface area contributed by atoms with Gasteiger partial charge < -0.3 is 40.3 Å². The number of likely N-dealkylation sites (tertiary alicyclic amines) is 1. The number of nitrogens with zero attached hydrogens (tertiary/aromatic N) is 5. The van der Waals surface area contributed by atoms with E-state index in [1.807, 2.05) is 0 Å². The molecule has 3 heterocycles. The quantitative estimate of drug-likeness (QED) is 0.247. The lowest BCUT2D eigenvalue weighted by atomic mass is 10.1. The van der Waals surface area contributed by atoms with Crippen LogP contribution in [0, 0.1) is 11.6 Å². The number of hydrogen-bond acceptors (Lipinski definition) is 8. The first-order chi connectivity index (χ1) is 22.9. The molecule has 3 aliphatic rings. The molecule has 1 aliphatic carbocycles. The molecule has 48 heavy (non-hydrogen) atoms. The molecule has 2 saturated heterocycles. The van der Waals surface area contributed by atoms with Gasteiger partial charge in [-0.3, -0.25) is 24.0 Å². The summed E-state index contributed by atoms with van der Waals surface area (Å²) in [5, 5.41) is 27.9. The molecule has 0 radical (unpaired) electrons. The Morgan fingerprint density at radius 1 is 0.938 bits per heavy atom. The smallest absolute Gasteiger partial charge is 0.407 e. The van der Waals surface area contributed by atoms with Crippen LogP contribution in [0.4, 0.5) is 13.6 Å². The highest BCUT2D eigenvalue weighted by Crippen LogP contribution is 2.25. The maximum absolute atomic E-state index is 14.2. The van der Waals surface area contributed by atoms with Gasteiger partial charge in [0.15, 0.2) is 23.9 Å². The summed E-state index contributed by atoms with van der Waals surface area (Å²) in [6.07, 6.45) is 0.970. The number of ether oxygens (including phenoxy) is 1. The summed E-state index contributed by atoms with van der Waals surface area (Å²) < 4.78 is 34.6. The molecule has 4 N–H and O–H groups in total. The van der Waals surface area contributed by atoms with Crippen LogP contribution in [0.5, 0.6) is 5.88 Å². The van der Waals surface area contributed by atoms with Crippen molar-refractivity contribution in [3.05, 3.63) is 41.6 Å². The van der Waals surface area contributed by atoms with Crippen molar-refractivity contribution in [1.82, 2.24) is 35.1 Å². The Kier molecular flexibility index (Phi) is 10.4. The Morgan fingerprint density at radius 3 is 2.29 bits per heavy atom. The fraction of sp³-hybridized carbons (Fsp3) is 0.500. The number of nitrogens with one attached hydrogen (secondary N) is 2. The van der Waals surface area contributed by atoms with Crippen LogP contribution in [0.1, 0.15) is 49.0 Å². The van der Waals surface area contributed by atoms with Gasteiger partial charge in [0.05, 0.1) is 5.69 Å². The van der Waals surface area contributed by atoms with Crippen LogP contribution in [0.3, 0.4) is 0 Å². The third kappa shape index (κ3) is 8.16. The number of piperazine rings is 1. The summed E-state index contributed by atoms with van der Waals surface area (Å²) in [4.78, 5) is 78.9. The van der Waals surface area contributed by atoms with Crippen LogP contribution < -0.4 is 15.4 Å². The first-order valence-electron chi connectivity index (χ1n) is 15.5. The molecule has 2 aliphatic heterocycles. The van der Waals surface area contributed by atoms with Crippen molar-refractivity contribution in [2.45, 2.75) is 56.7 Å². The fourth-order valence-corrected chi connectivity index (χ4v) is 5.56. The van der Waals surface area contributed by atoms with Gasteiger partial charge in [0.25, 0.3) is 11.8 Å². The molecule has 3 fully saturated rings. The average molecular weight is 676 g/mol. The summed E-state index contributed by atoms with van der Waals surface area (Å²) in [5.41, 5.74) is -0.415. The van der Waals surface area contributed by atoms with E-state index in [1.165, 1.54) is 9.80 Å². The van der Waals surface area contributed by atoms with E-state index in [2.05, 4.69) is 15.7 Å². The van der Waals surface area contributed by atoms with Crippen LogP contribution in [0.25, 0.3) is 5.69 Å². The van der Waals surface area contributed by atoms with Gasteiger partial charge in [-0.05, 0) is 44.2 Å². The third-order valence-corrected chi connectivity index (χ3v) is 8.31. The highest BCUT2D eigenvalue weighted by Gasteiger charge is 2.37. The summed E-state index contributed by atoms with van der Waals surface area (Å²) in [6.45, 7) is -0.128. The highest BCUT2D eigenvalue weighted by atomic mass is 19.2. The van der Waals surface area contributed by atoms with Gasteiger partial charge in [-0.25, -0.2) is 18.3 Å². The van der Waals surface area contributed by atoms with Gasteiger partial charge in [-0.2, -0.15) is 5.10 Å². The lowest BCUT2D eigenvalue weighted by Gasteiger charge is -2.35. The topological polar surface area (TPSA) is 204 Å². The van der Waals surface area contributed by atoms with Gasteiger partial charge in [0, 0.05) is 57.3 Å². The Bertz CT molecular complexity index is 1590. The molecule has 1 saturated carbocycles. The van der Waals surface area contributed by atoms with Crippen molar-refractivity contribution in [3.8, 4) is 11.6 Å². The van der Waals surface area contributed by atoms with Crippen molar-refractivity contribution in [2.24, 2.45) is 0 Å². The zero-order valence-electron chi connectivity index (χ0n) is 25.8. The monoisotopic (exact) mass is 675 g/mol. The van der Waals surface area contributed by atoms with E-state index in [0.717, 1.165) is 46.7 Å². The lowest BCUT2D eigenvalue weighted by Crippen LogP contribution is -2.55. The van der Waals surface area contributed by atoms with Crippen molar-refractivity contribution >= 4 is 35.7 Å². The molecule has 258 valence electrons. The number of carboxylic acids is 1. The predicted octanol–water partition coefficient (Wildman–Crippen LogP) is 0.584. The molecule has 1 aromatic carbocycles. The van der Waals surface area contributed by atoms with Crippen molar-refractivity contribution in [2.75, 3.05) is 39.3 Å². The van der Waals surface area contributed by atoms with Crippen molar-refractivity contribution in [3.63, 3.8) is 0 Å². The van der Waals surface area contributed by atoms with Crippen molar-refractivity contribution < 1.29 is 52.5 Å². The molecule has 2 atom stereocenters. The molecule has 5 rings (SSSR count). The minimum Gasteiger partial charge on any atom is -0.481 e. The number of aromatic nitrogens is 2. The maximum atomic E-state index is 14.2. The summed E-state index contributed by atoms with van der Waals surface area (Å²) in [7, 11) is 0. The largest absolute Gasteiger partial charge is 0.481 e. The predicted molar refractivity (Wildman–Crippen MR) is 159 cm³/mol. The minimum absolute atomic E-state index is 0.0292. The number of hydrogen-bond donors (Lipinski definition) is 4. The number of rotatable bonds is 12. The first-order valence-corrected chi connectivity index (χ1v) is 15.5. The zero-order valence-corrected chi connectivity index (χ0v) is 25.8. The number of halogens is 2. The number of carbonyl (C=O) groups excluding carboxylic acids is 4. The van der Waals surface area contributed by atoms with Gasteiger partial charge in [0.1, 0.15) is 12.1 Å². The van der Waals surface area contributed by atoms with E-state index in [9.17, 15) is 47.8 Å². The standard InChI is InChI=1S/C30H35F2N7O9/c31-19-6-5-18(14-20(19)32)39-25(48-16-24(40)38-9-1-2-23(38)28(44)33-17-3-4-17)15-22(35-39)27(43)34-21(7-8-26(41)42)29(45)36-10-12-37(13-11-36)30(46)47/h5-6,14-15,17,21,23H,1-4,7-13,16H2,(H,33,44)(H,34,43)(H,41,42)(H,46,47)/t21-,23-/m0/s1. The number of amides is 5. The van der Waals surface area contributed by atoms with Gasteiger partial charge in [-0.1, -0.05) is 0 Å². The first kappa shape index (κ1) is 34.1. The Morgan fingerprint density at radius 2 is 1.65 bits per heavy atom. The van der Waals surface area contributed by atoms with Crippen molar-refractivity contribution in [1.29, 1.82) is 0 Å². The van der Waals surface area contributed by atoms with Crippen LogP contribution >= 0.6 is 0 Å². The Balaban J connectivity index is 1.33. The minimum atomic E-state index is -1.32. The van der Waals surface area contributed by atoms with Crippen LogP contribution in [0.2, 0.25) is 0 Å². The molecule has 1 aromatic heterocycles. The van der Waals surface area contributed by atoms with Gasteiger partial charge in [-0.15, -0.1) is 0 Å². The number of aliphatic carboxylic acids is 1. The van der Waals surface area contributed by atoms with E-state index in [1.54, 1.807) is 0 Å². The third-order valence-electron chi connectivity index (χ3n) is 8.31. The highest BCUT2D eigenvalue weighted by molar-refractivity contribution is 5.96. The van der Waals surface area contributed by atoms with Crippen LogP contribution in [0.15, 0.2) is 24.3 Å². The number of carbonyl (C=O) groups is 6.